The van der Waals surface area contributed by atoms with Crippen LogP contribution >= 0.6 is 11.6 Å². The minimum Gasteiger partial charge on any atom is -0.452 e. The summed E-state index contributed by atoms with van der Waals surface area (Å²) in [4.78, 5) is 24.5. The van der Waals surface area contributed by atoms with E-state index in [0.717, 1.165) is 10.4 Å². The van der Waals surface area contributed by atoms with Crippen LogP contribution in [0.2, 0.25) is 5.02 Å². The number of anilines is 2. The van der Waals surface area contributed by atoms with Crippen molar-refractivity contribution in [3.05, 3.63) is 96.0 Å². The molecule has 8 nitrogen and oxygen atoms in total. The first-order valence-corrected chi connectivity index (χ1v) is 12.4. The molecule has 1 N–H and O–H groups in total. The van der Waals surface area contributed by atoms with Gasteiger partial charge in [0.15, 0.2) is 6.61 Å². The van der Waals surface area contributed by atoms with Crippen molar-refractivity contribution in [1.82, 2.24) is 0 Å². The van der Waals surface area contributed by atoms with Crippen molar-refractivity contribution in [2.75, 3.05) is 22.8 Å². The van der Waals surface area contributed by atoms with Gasteiger partial charge < -0.3 is 14.8 Å². The minimum absolute atomic E-state index is 0.0403. The molecule has 0 spiro atoms. The van der Waals surface area contributed by atoms with Gasteiger partial charge in [-0.05, 0) is 54.6 Å². The number of nitrogens with one attached hydrogen (secondary N) is 1. The number of hydrogen-bond donors (Lipinski definition) is 1. The van der Waals surface area contributed by atoms with Gasteiger partial charge in [-0.1, -0.05) is 35.9 Å². The topological polar surface area (TPSA) is 102 Å². The summed E-state index contributed by atoms with van der Waals surface area (Å²) in [5.74, 6) is -2.05. The van der Waals surface area contributed by atoms with Gasteiger partial charge in [0.05, 0.1) is 28.4 Å². The Balaban J connectivity index is 1.72. The van der Waals surface area contributed by atoms with Crippen molar-refractivity contribution in [3.8, 4) is 5.75 Å². The summed E-state index contributed by atoms with van der Waals surface area (Å²) < 4.78 is 62.1. The van der Waals surface area contributed by atoms with Gasteiger partial charge in [0.2, 0.25) is 0 Å². The number of para-hydroxylation sites is 2. The molecular weight excluding hydrogens is 530 g/mol. The third-order valence-corrected chi connectivity index (χ3v) is 6.82. The van der Waals surface area contributed by atoms with Crippen LogP contribution in [0.4, 0.5) is 20.2 Å². The van der Waals surface area contributed by atoms with Crippen molar-refractivity contribution in [3.63, 3.8) is 0 Å². The molecule has 3 aromatic carbocycles. The van der Waals surface area contributed by atoms with E-state index in [1.54, 1.807) is 12.1 Å². The number of alkyl halides is 2. The second kappa shape index (κ2) is 12.3. The first-order valence-electron chi connectivity index (χ1n) is 10.6. The van der Waals surface area contributed by atoms with Crippen molar-refractivity contribution in [2.45, 2.75) is 11.5 Å². The third-order valence-electron chi connectivity index (χ3n) is 4.78. The first-order chi connectivity index (χ1) is 17.6. The smallest absolute Gasteiger partial charge is 0.387 e. The Labute approximate surface area is 217 Å². The molecule has 0 unspecified atom stereocenters. The van der Waals surface area contributed by atoms with Crippen molar-refractivity contribution in [2.24, 2.45) is 0 Å². The Kier molecular flexibility index (Phi) is 9.20. The molecule has 0 aliphatic heterocycles. The predicted molar refractivity (Wildman–Crippen MR) is 135 cm³/mol. The molecule has 0 aliphatic carbocycles. The molecular formula is C25H21ClF2N2O6S. The highest BCUT2D eigenvalue weighted by atomic mass is 35.5. The van der Waals surface area contributed by atoms with E-state index in [2.05, 4.69) is 16.6 Å². The molecule has 194 valence electrons. The summed E-state index contributed by atoms with van der Waals surface area (Å²) in [5.41, 5.74) is 0.177. The highest BCUT2D eigenvalue weighted by Crippen LogP contribution is 2.27. The van der Waals surface area contributed by atoms with Crippen LogP contribution in [-0.4, -0.2) is 40.1 Å². The maximum absolute atomic E-state index is 13.3. The maximum Gasteiger partial charge on any atom is 0.387 e. The molecule has 3 aromatic rings. The summed E-state index contributed by atoms with van der Waals surface area (Å²) in [6, 6.07) is 16.8. The quantitative estimate of drug-likeness (QED) is 0.263. The van der Waals surface area contributed by atoms with Gasteiger partial charge in [0, 0.05) is 5.02 Å². The number of rotatable bonds is 11. The Morgan fingerprint density at radius 3 is 2.43 bits per heavy atom. The molecule has 0 saturated carbocycles. The number of sulfonamides is 1. The van der Waals surface area contributed by atoms with Crippen molar-refractivity contribution >= 4 is 44.9 Å². The van der Waals surface area contributed by atoms with E-state index < -0.39 is 35.1 Å². The second-order valence-electron chi connectivity index (χ2n) is 7.33. The number of esters is 1. The molecule has 37 heavy (non-hydrogen) atoms. The molecule has 0 fully saturated rings. The maximum atomic E-state index is 13.3. The normalized spacial score (nSPS) is 11.0. The van der Waals surface area contributed by atoms with Crippen LogP contribution in [0.3, 0.4) is 0 Å². The molecule has 1 amide bonds. The number of ether oxygens (including phenoxy) is 2. The molecule has 3 rings (SSSR count). The van der Waals surface area contributed by atoms with Gasteiger partial charge >= 0.3 is 12.6 Å². The van der Waals surface area contributed by atoms with Crippen LogP contribution in [0.1, 0.15) is 10.4 Å². The van der Waals surface area contributed by atoms with Crippen molar-refractivity contribution in [1.29, 1.82) is 0 Å². The van der Waals surface area contributed by atoms with Crippen LogP contribution in [0, 0.1) is 0 Å². The Morgan fingerprint density at radius 2 is 1.76 bits per heavy atom. The Morgan fingerprint density at radius 1 is 1.05 bits per heavy atom. The van der Waals surface area contributed by atoms with E-state index >= 15 is 0 Å². The molecule has 0 saturated heterocycles. The summed E-state index contributed by atoms with van der Waals surface area (Å²) in [5, 5.41) is 2.74. The van der Waals surface area contributed by atoms with Crippen LogP contribution in [0.15, 0.2) is 90.3 Å². The van der Waals surface area contributed by atoms with Crippen LogP contribution in [-0.2, 0) is 19.6 Å². The van der Waals surface area contributed by atoms with Gasteiger partial charge in [-0.3, -0.25) is 9.10 Å². The van der Waals surface area contributed by atoms with E-state index in [1.807, 2.05) is 0 Å². The second-order valence-corrected chi connectivity index (χ2v) is 9.63. The van der Waals surface area contributed by atoms with Crippen LogP contribution < -0.4 is 14.4 Å². The summed E-state index contributed by atoms with van der Waals surface area (Å²) in [7, 11) is -4.12. The minimum atomic E-state index is -4.12. The monoisotopic (exact) mass is 550 g/mol. The Hall–Kier alpha value is -3.96. The molecule has 0 bridgehead atoms. The van der Waals surface area contributed by atoms with Gasteiger partial charge in [-0.25, -0.2) is 13.2 Å². The van der Waals surface area contributed by atoms with Crippen molar-refractivity contribution < 1.29 is 36.3 Å². The van der Waals surface area contributed by atoms with E-state index in [0.29, 0.717) is 10.7 Å². The van der Waals surface area contributed by atoms with Crippen LogP contribution in [0.25, 0.3) is 0 Å². The zero-order chi connectivity index (χ0) is 27.0. The molecule has 0 heterocycles. The lowest BCUT2D eigenvalue weighted by atomic mass is 10.2. The number of halogens is 3. The Bertz CT molecular complexity index is 1380. The number of carbonyl (C=O) groups is 2. The fourth-order valence-electron chi connectivity index (χ4n) is 3.15. The number of nitrogens with zero attached hydrogens (tertiary/aromatic N) is 1. The average molecular weight is 551 g/mol. The van der Waals surface area contributed by atoms with E-state index in [-0.39, 0.29) is 28.4 Å². The summed E-state index contributed by atoms with van der Waals surface area (Å²) in [6.07, 6.45) is 1.41. The number of carbonyl (C=O) groups excluding carboxylic acids is 2. The number of hydrogen-bond acceptors (Lipinski definition) is 6. The highest BCUT2D eigenvalue weighted by Gasteiger charge is 2.25. The fourth-order valence-corrected chi connectivity index (χ4v) is 4.75. The molecule has 0 aliphatic rings. The molecule has 12 heteroatoms. The zero-order valence-electron chi connectivity index (χ0n) is 19.1. The largest absolute Gasteiger partial charge is 0.452 e. The van der Waals surface area contributed by atoms with Gasteiger partial charge in [0.25, 0.3) is 15.9 Å². The van der Waals surface area contributed by atoms with Gasteiger partial charge in [-0.15, -0.1) is 6.58 Å². The lowest BCUT2D eigenvalue weighted by Crippen LogP contribution is -2.31. The lowest BCUT2D eigenvalue weighted by molar-refractivity contribution is -0.119. The average Bonchev–Trinajstić information content (AvgIpc) is 2.87. The predicted octanol–water partition coefficient (Wildman–Crippen LogP) is 5.12. The number of amides is 1. The van der Waals surface area contributed by atoms with Crippen LogP contribution in [0.5, 0.6) is 5.75 Å². The summed E-state index contributed by atoms with van der Waals surface area (Å²) in [6.45, 7) is -0.302. The lowest BCUT2D eigenvalue weighted by Gasteiger charge is -2.23. The molecule has 0 aromatic heterocycles. The van der Waals surface area contributed by atoms with E-state index in [9.17, 15) is 26.8 Å². The van der Waals surface area contributed by atoms with Gasteiger partial charge in [-0.2, -0.15) is 8.78 Å². The van der Waals surface area contributed by atoms with E-state index in [1.165, 1.54) is 60.7 Å². The zero-order valence-corrected chi connectivity index (χ0v) is 20.7. The SMILES string of the molecule is C=CCN(c1ccc(Cl)cc1)S(=O)(=O)c1cccc(C(=O)OCC(=O)Nc2ccccc2OC(F)F)c1. The molecule has 0 atom stereocenters. The highest BCUT2D eigenvalue weighted by molar-refractivity contribution is 7.92. The van der Waals surface area contributed by atoms with Gasteiger partial charge in [0.1, 0.15) is 5.75 Å². The fraction of sp³-hybridized carbons (Fsp3) is 0.120. The first kappa shape index (κ1) is 27.6. The third kappa shape index (κ3) is 7.28. The van der Waals surface area contributed by atoms with E-state index in [4.69, 9.17) is 16.3 Å². The molecule has 0 radical (unpaired) electrons. The standard InChI is InChI=1S/C25H21ClF2N2O6S/c1-2-14-30(19-12-10-18(26)11-13-19)37(33,34)20-7-5-6-17(15-20)24(32)35-16-23(31)29-21-8-3-4-9-22(21)36-25(27)28/h2-13,15,25H,1,14,16H2,(H,29,31). The summed E-state index contributed by atoms with van der Waals surface area (Å²) >= 11 is 5.90. The number of benzene rings is 3.